The lowest BCUT2D eigenvalue weighted by molar-refractivity contribution is -0.121. The fraction of sp³-hybridized carbons (Fsp3) is 0.160. The molecule has 3 aromatic rings. The zero-order chi connectivity index (χ0) is 24.6. The fourth-order valence-corrected chi connectivity index (χ4v) is 4.87. The Bertz CT molecular complexity index is 1300. The van der Waals surface area contributed by atoms with Gasteiger partial charge in [0, 0.05) is 26.2 Å². The van der Waals surface area contributed by atoms with Crippen LogP contribution in [-0.4, -0.2) is 22.6 Å². The van der Waals surface area contributed by atoms with Gasteiger partial charge in [-0.3, -0.25) is 14.4 Å². The number of benzene rings is 3. The first kappa shape index (κ1) is 24.5. The van der Waals surface area contributed by atoms with Crippen molar-refractivity contribution in [3.63, 3.8) is 0 Å². The largest absolute Gasteiger partial charge is 0.326 e. The van der Waals surface area contributed by atoms with E-state index in [1.165, 1.54) is 11.8 Å². The SMILES string of the molecule is CC(=O)Nc1cc(Cl)ccc1C(C)N1C(=O)c2cc(I)ccc2NC(=O)C1c1ccc(Cl)cc1. The molecule has 0 saturated carbocycles. The van der Waals surface area contributed by atoms with Gasteiger partial charge in [-0.1, -0.05) is 41.4 Å². The second-order valence-electron chi connectivity index (χ2n) is 7.93. The van der Waals surface area contributed by atoms with Gasteiger partial charge >= 0.3 is 0 Å². The topological polar surface area (TPSA) is 78.5 Å². The van der Waals surface area contributed by atoms with Crippen LogP contribution in [0.1, 0.15) is 47.4 Å². The molecule has 3 amide bonds. The molecule has 1 heterocycles. The van der Waals surface area contributed by atoms with Crippen molar-refractivity contribution >= 4 is 74.9 Å². The second kappa shape index (κ2) is 9.93. The van der Waals surface area contributed by atoms with Gasteiger partial charge in [0.15, 0.2) is 0 Å². The van der Waals surface area contributed by atoms with Crippen LogP contribution < -0.4 is 10.6 Å². The van der Waals surface area contributed by atoms with E-state index in [2.05, 4.69) is 33.2 Å². The molecule has 1 aliphatic rings. The molecule has 0 radical (unpaired) electrons. The maximum absolute atomic E-state index is 14.0. The quantitative estimate of drug-likeness (QED) is 0.335. The Hall–Kier alpha value is -2.62. The summed E-state index contributed by atoms with van der Waals surface area (Å²) >= 11 is 14.4. The number of nitrogens with zero attached hydrogens (tertiary/aromatic N) is 1. The summed E-state index contributed by atoms with van der Waals surface area (Å²) in [6.07, 6.45) is 0. The van der Waals surface area contributed by atoms with Crippen LogP contribution >= 0.6 is 45.8 Å². The Morgan fingerprint density at radius 3 is 2.38 bits per heavy atom. The Morgan fingerprint density at radius 1 is 1.03 bits per heavy atom. The number of carbonyl (C=O) groups excluding carboxylic acids is 3. The van der Waals surface area contributed by atoms with Gasteiger partial charge in [0.2, 0.25) is 5.91 Å². The third kappa shape index (κ3) is 4.92. The summed E-state index contributed by atoms with van der Waals surface area (Å²) in [6, 6.07) is 15.7. The molecule has 2 unspecified atom stereocenters. The molecule has 4 rings (SSSR count). The van der Waals surface area contributed by atoms with E-state index in [1.54, 1.807) is 54.6 Å². The predicted octanol–water partition coefficient (Wildman–Crippen LogP) is 6.45. The highest BCUT2D eigenvalue weighted by molar-refractivity contribution is 14.1. The summed E-state index contributed by atoms with van der Waals surface area (Å²) in [6.45, 7) is 3.22. The van der Waals surface area contributed by atoms with Crippen molar-refractivity contribution in [2.75, 3.05) is 10.6 Å². The van der Waals surface area contributed by atoms with E-state index in [-0.39, 0.29) is 17.7 Å². The van der Waals surface area contributed by atoms with Crippen molar-refractivity contribution < 1.29 is 14.4 Å². The van der Waals surface area contributed by atoms with Gasteiger partial charge in [0.1, 0.15) is 6.04 Å². The van der Waals surface area contributed by atoms with E-state index >= 15 is 0 Å². The summed E-state index contributed by atoms with van der Waals surface area (Å²) in [5.41, 5.74) is 2.57. The number of nitrogens with one attached hydrogen (secondary N) is 2. The summed E-state index contributed by atoms with van der Waals surface area (Å²) in [4.78, 5) is 40.9. The number of fused-ring (bicyclic) bond motifs is 1. The van der Waals surface area contributed by atoms with E-state index in [4.69, 9.17) is 23.2 Å². The van der Waals surface area contributed by atoms with Crippen molar-refractivity contribution in [2.45, 2.75) is 25.9 Å². The van der Waals surface area contributed by atoms with Gasteiger partial charge in [0.05, 0.1) is 17.3 Å². The van der Waals surface area contributed by atoms with Gasteiger partial charge < -0.3 is 15.5 Å². The number of hydrogen-bond acceptors (Lipinski definition) is 3. The van der Waals surface area contributed by atoms with Crippen molar-refractivity contribution in [1.82, 2.24) is 4.90 Å². The lowest BCUT2D eigenvalue weighted by atomic mass is 9.97. The Morgan fingerprint density at radius 2 is 1.71 bits per heavy atom. The van der Waals surface area contributed by atoms with Crippen LogP contribution in [0.25, 0.3) is 0 Å². The third-order valence-electron chi connectivity index (χ3n) is 5.61. The summed E-state index contributed by atoms with van der Waals surface area (Å²) in [5.74, 6) is -0.939. The predicted molar refractivity (Wildman–Crippen MR) is 142 cm³/mol. The second-order valence-corrected chi connectivity index (χ2v) is 10.1. The molecule has 0 saturated heterocycles. The Labute approximate surface area is 220 Å². The zero-order valence-corrected chi connectivity index (χ0v) is 21.9. The molecule has 0 aliphatic carbocycles. The van der Waals surface area contributed by atoms with Crippen molar-refractivity contribution in [1.29, 1.82) is 0 Å². The van der Waals surface area contributed by atoms with Gasteiger partial charge in [0.25, 0.3) is 11.8 Å². The highest BCUT2D eigenvalue weighted by Crippen LogP contribution is 2.40. The first-order chi connectivity index (χ1) is 16.2. The molecule has 3 aromatic carbocycles. The monoisotopic (exact) mass is 607 g/mol. The minimum Gasteiger partial charge on any atom is -0.326 e. The van der Waals surface area contributed by atoms with E-state index in [0.29, 0.717) is 38.1 Å². The van der Waals surface area contributed by atoms with Gasteiger partial charge in [-0.2, -0.15) is 0 Å². The van der Waals surface area contributed by atoms with Crippen molar-refractivity contribution in [2.24, 2.45) is 0 Å². The molecule has 34 heavy (non-hydrogen) atoms. The number of amides is 3. The van der Waals surface area contributed by atoms with E-state index in [0.717, 1.165) is 3.57 Å². The Balaban J connectivity index is 1.91. The fourth-order valence-electron chi connectivity index (χ4n) is 4.08. The average Bonchev–Trinajstić information content (AvgIpc) is 2.88. The molecule has 9 heteroatoms. The van der Waals surface area contributed by atoms with Crippen LogP contribution in [0.3, 0.4) is 0 Å². The molecule has 0 bridgehead atoms. The van der Waals surface area contributed by atoms with Crippen LogP contribution in [0, 0.1) is 3.57 Å². The molecule has 2 N–H and O–H groups in total. The maximum Gasteiger partial charge on any atom is 0.257 e. The summed E-state index contributed by atoms with van der Waals surface area (Å²) < 4.78 is 0.863. The molecule has 1 aliphatic heterocycles. The Kier molecular flexibility index (Phi) is 7.16. The molecule has 6 nitrogen and oxygen atoms in total. The number of carbonyl (C=O) groups is 3. The van der Waals surface area contributed by atoms with Crippen LogP contribution in [0.15, 0.2) is 60.7 Å². The number of hydrogen-bond donors (Lipinski definition) is 2. The van der Waals surface area contributed by atoms with Gasteiger partial charge in [-0.05, 0) is 83.1 Å². The first-order valence-corrected chi connectivity index (χ1v) is 12.2. The molecular formula is C25H20Cl2IN3O3. The summed E-state index contributed by atoms with van der Waals surface area (Å²) in [7, 11) is 0. The first-order valence-electron chi connectivity index (χ1n) is 10.4. The molecule has 0 aromatic heterocycles. The summed E-state index contributed by atoms with van der Waals surface area (Å²) in [5, 5.41) is 6.65. The number of anilines is 2. The molecule has 0 spiro atoms. The van der Waals surface area contributed by atoms with E-state index in [1.807, 2.05) is 13.0 Å². The molecule has 174 valence electrons. The van der Waals surface area contributed by atoms with Crippen LogP contribution in [-0.2, 0) is 9.59 Å². The lowest BCUT2D eigenvalue weighted by Gasteiger charge is -2.35. The van der Waals surface area contributed by atoms with E-state index < -0.39 is 12.1 Å². The standard InChI is InChI=1S/C25H20Cl2IN3O3/c1-13(19-9-7-17(27)11-22(19)29-14(2)32)31-23(15-3-5-16(26)6-4-15)24(33)30-21-10-8-18(28)12-20(21)25(31)34/h3-13,23H,1-2H3,(H,29,32)(H,30,33). The van der Waals surface area contributed by atoms with Crippen LogP contribution in [0.5, 0.6) is 0 Å². The van der Waals surface area contributed by atoms with Gasteiger partial charge in [-0.25, -0.2) is 0 Å². The van der Waals surface area contributed by atoms with Crippen LogP contribution in [0.2, 0.25) is 10.0 Å². The average molecular weight is 608 g/mol. The van der Waals surface area contributed by atoms with Gasteiger partial charge in [-0.15, -0.1) is 0 Å². The maximum atomic E-state index is 14.0. The number of halogens is 3. The van der Waals surface area contributed by atoms with Crippen molar-refractivity contribution in [3.8, 4) is 0 Å². The minimum atomic E-state index is -0.939. The molecule has 2 atom stereocenters. The smallest absolute Gasteiger partial charge is 0.257 e. The zero-order valence-electron chi connectivity index (χ0n) is 18.2. The number of rotatable bonds is 4. The third-order valence-corrected chi connectivity index (χ3v) is 6.77. The normalized spacial score (nSPS) is 16.4. The molecule has 0 fully saturated rings. The highest BCUT2D eigenvalue weighted by Gasteiger charge is 2.40. The van der Waals surface area contributed by atoms with Crippen molar-refractivity contribution in [3.05, 3.63) is 91.0 Å². The lowest BCUT2D eigenvalue weighted by Crippen LogP contribution is -2.40. The minimum absolute atomic E-state index is 0.273. The van der Waals surface area contributed by atoms with E-state index in [9.17, 15) is 14.4 Å². The molecular weight excluding hydrogens is 588 g/mol. The highest BCUT2D eigenvalue weighted by atomic mass is 127. The van der Waals surface area contributed by atoms with Crippen LogP contribution in [0.4, 0.5) is 11.4 Å².